The second-order valence-corrected chi connectivity index (χ2v) is 7.72. The molecule has 0 radical (unpaired) electrons. The largest absolute Gasteiger partial charge is 0.330 e. The fourth-order valence-corrected chi connectivity index (χ4v) is 3.44. The van der Waals surface area contributed by atoms with Crippen LogP contribution in [-0.2, 0) is 13.0 Å². The highest BCUT2D eigenvalue weighted by molar-refractivity contribution is 5.75. The van der Waals surface area contributed by atoms with Gasteiger partial charge in [-0.05, 0) is 43.9 Å². The highest BCUT2D eigenvalue weighted by Gasteiger charge is 2.10. The van der Waals surface area contributed by atoms with Crippen LogP contribution >= 0.6 is 0 Å². The van der Waals surface area contributed by atoms with E-state index >= 15 is 0 Å². The van der Waals surface area contributed by atoms with Crippen molar-refractivity contribution in [2.24, 2.45) is 11.7 Å². The van der Waals surface area contributed by atoms with E-state index in [0.29, 0.717) is 0 Å². The molecule has 0 fully saturated rings. The van der Waals surface area contributed by atoms with E-state index in [1.54, 1.807) is 0 Å². The van der Waals surface area contributed by atoms with E-state index in [4.69, 9.17) is 10.7 Å². The summed E-state index contributed by atoms with van der Waals surface area (Å²) < 4.78 is 2.46. The summed E-state index contributed by atoms with van der Waals surface area (Å²) in [5.74, 6) is 2.01. The van der Waals surface area contributed by atoms with Gasteiger partial charge in [0.1, 0.15) is 5.82 Å². The molecule has 1 heterocycles. The van der Waals surface area contributed by atoms with Crippen LogP contribution in [0.1, 0.15) is 77.5 Å². The zero-order valence-electron chi connectivity index (χ0n) is 16.3. The summed E-state index contributed by atoms with van der Waals surface area (Å²) in [4.78, 5) is 4.91. The van der Waals surface area contributed by atoms with Crippen molar-refractivity contribution in [1.29, 1.82) is 0 Å². The first-order valence-corrected chi connectivity index (χ1v) is 10.4. The smallest absolute Gasteiger partial charge is 0.109 e. The van der Waals surface area contributed by atoms with Gasteiger partial charge in [0.2, 0.25) is 0 Å². The minimum absolute atomic E-state index is 0.730. The van der Waals surface area contributed by atoms with Gasteiger partial charge >= 0.3 is 0 Å². The molecular weight excluding hydrogens is 306 g/mol. The zero-order chi connectivity index (χ0) is 17.9. The van der Waals surface area contributed by atoms with Crippen molar-refractivity contribution in [3.8, 4) is 0 Å². The fraction of sp³-hybridized carbons (Fsp3) is 0.682. The Morgan fingerprint density at radius 3 is 2.24 bits per heavy atom. The Labute approximate surface area is 154 Å². The minimum atomic E-state index is 0.730. The molecule has 2 aromatic rings. The van der Waals surface area contributed by atoms with Gasteiger partial charge in [-0.3, -0.25) is 0 Å². The first-order chi connectivity index (χ1) is 12.2. The summed E-state index contributed by atoms with van der Waals surface area (Å²) >= 11 is 0. The molecule has 0 aliphatic rings. The highest BCUT2D eigenvalue weighted by atomic mass is 15.1. The van der Waals surface area contributed by atoms with Crippen LogP contribution in [0.5, 0.6) is 0 Å². The summed E-state index contributed by atoms with van der Waals surface area (Å²) in [7, 11) is 0. The summed E-state index contributed by atoms with van der Waals surface area (Å²) in [5, 5.41) is 0. The number of aryl methyl sites for hydroxylation is 2. The van der Waals surface area contributed by atoms with Crippen molar-refractivity contribution < 1.29 is 0 Å². The number of hydrogen-bond acceptors (Lipinski definition) is 2. The molecule has 0 saturated heterocycles. The van der Waals surface area contributed by atoms with Crippen molar-refractivity contribution in [3.05, 3.63) is 30.1 Å². The third kappa shape index (κ3) is 6.81. The van der Waals surface area contributed by atoms with E-state index in [2.05, 4.69) is 42.7 Å². The Kier molecular flexibility index (Phi) is 9.03. The monoisotopic (exact) mass is 343 g/mol. The van der Waals surface area contributed by atoms with E-state index in [1.807, 2.05) is 0 Å². The van der Waals surface area contributed by atoms with Gasteiger partial charge in [0.15, 0.2) is 0 Å². The molecule has 2 N–H and O–H groups in total. The number of fused-ring (bicyclic) bond motifs is 1. The van der Waals surface area contributed by atoms with Gasteiger partial charge in [-0.25, -0.2) is 4.98 Å². The number of rotatable bonds is 13. The van der Waals surface area contributed by atoms with Crippen molar-refractivity contribution >= 4 is 11.0 Å². The van der Waals surface area contributed by atoms with Crippen LogP contribution in [0.2, 0.25) is 0 Å². The molecule has 2 rings (SSSR count). The molecule has 0 amide bonds. The third-order valence-corrected chi connectivity index (χ3v) is 5.02. The number of nitrogens with two attached hydrogens (primary N) is 1. The van der Waals surface area contributed by atoms with Crippen molar-refractivity contribution in [2.45, 2.75) is 84.6 Å². The predicted octanol–water partition coefficient (Wildman–Crippen LogP) is 5.70. The number of imidazole rings is 1. The maximum absolute atomic E-state index is 5.53. The molecule has 25 heavy (non-hydrogen) atoms. The van der Waals surface area contributed by atoms with Crippen LogP contribution in [-0.4, -0.2) is 16.1 Å². The van der Waals surface area contributed by atoms with E-state index in [-0.39, 0.29) is 0 Å². The van der Waals surface area contributed by atoms with Crippen LogP contribution in [0, 0.1) is 5.92 Å². The van der Waals surface area contributed by atoms with E-state index in [0.717, 1.165) is 30.9 Å². The quantitative estimate of drug-likeness (QED) is 0.474. The van der Waals surface area contributed by atoms with Crippen molar-refractivity contribution in [2.75, 3.05) is 6.54 Å². The van der Waals surface area contributed by atoms with Crippen LogP contribution in [0.15, 0.2) is 24.3 Å². The van der Waals surface area contributed by atoms with Crippen LogP contribution < -0.4 is 5.73 Å². The molecule has 3 nitrogen and oxygen atoms in total. The Hall–Kier alpha value is -1.35. The fourth-order valence-electron chi connectivity index (χ4n) is 3.44. The van der Waals surface area contributed by atoms with Gasteiger partial charge in [-0.15, -0.1) is 0 Å². The van der Waals surface area contributed by atoms with Gasteiger partial charge in [-0.1, -0.05) is 64.5 Å². The lowest BCUT2D eigenvalue weighted by atomic mass is 10.1. The molecular formula is C22H37N3. The molecule has 0 atom stereocenters. The summed E-state index contributed by atoms with van der Waals surface area (Å²) in [6.07, 6.45) is 12.8. The van der Waals surface area contributed by atoms with Crippen molar-refractivity contribution in [1.82, 2.24) is 9.55 Å². The van der Waals surface area contributed by atoms with Gasteiger partial charge < -0.3 is 10.3 Å². The number of unbranched alkanes of at least 4 members (excludes halogenated alkanes) is 7. The number of nitrogens with zero attached hydrogens (tertiary/aromatic N) is 2. The lowest BCUT2D eigenvalue weighted by molar-refractivity contribution is 0.506. The maximum Gasteiger partial charge on any atom is 0.109 e. The molecule has 0 unspecified atom stereocenters. The SMILES string of the molecule is CC(C)CCn1c(CCCCCCCCCCN)nc2ccccc21. The minimum Gasteiger partial charge on any atom is -0.330 e. The highest BCUT2D eigenvalue weighted by Crippen LogP contribution is 2.20. The Balaban J connectivity index is 1.78. The number of hydrogen-bond donors (Lipinski definition) is 1. The number of para-hydroxylation sites is 2. The molecule has 3 heteroatoms. The van der Waals surface area contributed by atoms with Gasteiger partial charge in [-0.2, -0.15) is 0 Å². The van der Waals surface area contributed by atoms with Crippen LogP contribution in [0.25, 0.3) is 11.0 Å². The third-order valence-electron chi connectivity index (χ3n) is 5.02. The number of aromatic nitrogens is 2. The molecule has 0 aliphatic heterocycles. The van der Waals surface area contributed by atoms with Crippen LogP contribution in [0.3, 0.4) is 0 Å². The first-order valence-electron chi connectivity index (χ1n) is 10.4. The maximum atomic E-state index is 5.53. The average Bonchev–Trinajstić information content (AvgIpc) is 2.96. The molecule has 1 aromatic heterocycles. The van der Waals surface area contributed by atoms with E-state index in [9.17, 15) is 0 Å². The second-order valence-electron chi connectivity index (χ2n) is 7.72. The standard InChI is InChI=1S/C22H37N3/c1-19(2)16-18-25-21-14-11-10-13-20(21)24-22(25)15-9-7-5-3-4-6-8-12-17-23/h10-11,13-14,19H,3-9,12,15-18,23H2,1-2H3. The van der Waals surface area contributed by atoms with Crippen molar-refractivity contribution in [3.63, 3.8) is 0 Å². The predicted molar refractivity (Wildman–Crippen MR) is 109 cm³/mol. The normalized spacial score (nSPS) is 11.7. The summed E-state index contributed by atoms with van der Waals surface area (Å²) in [5.41, 5.74) is 7.99. The van der Waals surface area contributed by atoms with Crippen LogP contribution in [0.4, 0.5) is 0 Å². The topological polar surface area (TPSA) is 43.8 Å². The molecule has 0 aliphatic carbocycles. The molecule has 140 valence electrons. The second kappa shape index (κ2) is 11.3. The molecule has 1 aromatic carbocycles. The summed E-state index contributed by atoms with van der Waals surface area (Å²) in [6, 6.07) is 8.58. The lowest BCUT2D eigenvalue weighted by Gasteiger charge is -2.11. The lowest BCUT2D eigenvalue weighted by Crippen LogP contribution is -2.06. The molecule has 0 saturated carbocycles. The Bertz CT molecular complexity index is 600. The van der Waals surface area contributed by atoms with E-state index in [1.165, 1.54) is 69.1 Å². The molecule has 0 bridgehead atoms. The summed E-state index contributed by atoms with van der Waals surface area (Å²) in [6.45, 7) is 6.53. The Morgan fingerprint density at radius 2 is 1.56 bits per heavy atom. The zero-order valence-corrected chi connectivity index (χ0v) is 16.3. The van der Waals surface area contributed by atoms with E-state index < -0.39 is 0 Å². The Morgan fingerprint density at radius 1 is 0.920 bits per heavy atom. The number of benzene rings is 1. The first kappa shape index (κ1) is 20.0. The molecule has 0 spiro atoms. The van der Waals surface area contributed by atoms with Gasteiger partial charge in [0.05, 0.1) is 11.0 Å². The average molecular weight is 344 g/mol. The van der Waals surface area contributed by atoms with Gasteiger partial charge in [0, 0.05) is 13.0 Å². The van der Waals surface area contributed by atoms with Gasteiger partial charge in [0.25, 0.3) is 0 Å².